The van der Waals surface area contributed by atoms with Crippen molar-refractivity contribution in [3.8, 4) is 11.5 Å². The SMILES string of the molecule is Cc1cc(CN2CCN(CC(=O)N3CCCC3c3ccc4c(c3)OCCO4)CC2)on1. The van der Waals surface area contributed by atoms with Crippen LogP contribution in [0.25, 0.3) is 0 Å². The smallest absolute Gasteiger partial charge is 0.237 e. The Morgan fingerprint density at radius 1 is 1.03 bits per heavy atom. The lowest BCUT2D eigenvalue weighted by Gasteiger charge is -2.35. The number of hydrogen-bond donors (Lipinski definition) is 0. The van der Waals surface area contributed by atoms with E-state index in [2.05, 4.69) is 32.0 Å². The molecule has 1 unspecified atom stereocenters. The molecule has 0 saturated carbocycles. The molecule has 0 bridgehead atoms. The van der Waals surface area contributed by atoms with Crippen LogP contribution in [0.1, 0.15) is 35.9 Å². The number of aromatic nitrogens is 1. The van der Waals surface area contributed by atoms with Crippen molar-refractivity contribution in [3.63, 3.8) is 0 Å². The summed E-state index contributed by atoms with van der Waals surface area (Å²) in [6.07, 6.45) is 2.03. The molecule has 0 N–H and O–H groups in total. The fourth-order valence-corrected chi connectivity index (χ4v) is 4.78. The molecule has 1 aromatic carbocycles. The molecule has 1 atom stereocenters. The standard InChI is InChI=1S/C23H30N4O4/c1-17-13-19(31-24-17)15-25-7-9-26(10-8-25)16-23(28)27-6-2-3-20(27)18-4-5-21-22(14-18)30-12-11-29-21/h4-5,13-14,20H,2-3,6-12,15-16H2,1H3. The van der Waals surface area contributed by atoms with Crippen molar-refractivity contribution in [1.82, 2.24) is 19.9 Å². The molecule has 0 aliphatic carbocycles. The second-order valence-corrected chi connectivity index (χ2v) is 8.64. The number of carbonyl (C=O) groups excluding carboxylic acids is 1. The van der Waals surface area contributed by atoms with Gasteiger partial charge in [-0.05, 0) is 37.5 Å². The monoisotopic (exact) mass is 426 g/mol. The molecule has 0 spiro atoms. The second kappa shape index (κ2) is 8.88. The van der Waals surface area contributed by atoms with E-state index in [0.717, 1.165) is 80.6 Å². The number of rotatable bonds is 5. The Hall–Kier alpha value is -2.58. The van der Waals surface area contributed by atoms with Crippen molar-refractivity contribution in [1.29, 1.82) is 0 Å². The third kappa shape index (κ3) is 4.55. The van der Waals surface area contributed by atoms with Crippen LogP contribution in [0, 0.1) is 6.92 Å². The van der Waals surface area contributed by atoms with Gasteiger partial charge in [-0.3, -0.25) is 14.6 Å². The third-order valence-electron chi connectivity index (χ3n) is 6.40. The van der Waals surface area contributed by atoms with Gasteiger partial charge in [-0.1, -0.05) is 11.2 Å². The predicted molar refractivity (Wildman–Crippen MR) is 114 cm³/mol. The second-order valence-electron chi connectivity index (χ2n) is 8.64. The van der Waals surface area contributed by atoms with Crippen LogP contribution in [-0.4, -0.2) is 78.2 Å². The molecule has 31 heavy (non-hydrogen) atoms. The highest BCUT2D eigenvalue weighted by Gasteiger charge is 2.32. The Balaban J connectivity index is 1.16. The van der Waals surface area contributed by atoms with Crippen LogP contribution in [0.5, 0.6) is 11.5 Å². The maximum atomic E-state index is 13.2. The highest BCUT2D eigenvalue weighted by atomic mass is 16.6. The lowest BCUT2D eigenvalue weighted by Crippen LogP contribution is -2.49. The molecular formula is C23H30N4O4. The third-order valence-corrected chi connectivity index (χ3v) is 6.40. The van der Waals surface area contributed by atoms with Crippen molar-refractivity contribution in [2.24, 2.45) is 0 Å². The summed E-state index contributed by atoms with van der Waals surface area (Å²) in [5, 5.41) is 3.96. The highest BCUT2D eigenvalue weighted by molar-refractivity contribution is 5.79. The Labute approximate surface area is 182 Å². The fourth-order valence-electron chi connectivity index (χ4n) is 4.78. The first kappa shape index (κ1) is 20.3. The minimum absolute atomic E-state index is 0.124. The highest BCUT2D eigenvalue weighted by Crippen LogP contribution is 2.38. The van der Waals surface area contributed by atoms with E-state index in [9.17, 15) is 4.79 Å². The Bertz CT molecular complexity index is 922. The molecule has 1 amide bonds. The van der Waals surface area contributed by atoms with E-state index in [1.165, 1.54) is 0 Å². The largest absolute Gasteiger partial charge is 0.486 e. The van der Waals surface area contributed by atoms with E-state index in [1.54, 1.807) is 0 Å². The molecule has 1 aromatic heterocycles. The van der Waals surface area contributed by atoms with Gasteiger partial charge in [0.2, 0.25) is 5.91 Å². The van der Waals surface area contributed by atoms with Gasteiger partial charge in [0.05, 0.1) is 24.8 Å². The van der Waals surface area contributed by atoms with E-state index < -0.39 is 0 Å². The summed E-state index contributed by atoms with van der Waals surface area (Å²) in [5.41, 5.74) is 2.06. The number of likely N-dealkylation sites (tertiary alicyclic amines) is 1. The number of piperazine rings is 1. The molecule has 3 aliphatic rings. The zero-order valence-corrected chi connectivity index (χ0v) is 18.1. The van der Waals surface area contributed by atoms with E-state index in [0.29, 0.717) is 19.8 Å². The minimum Gasteiger partial charge on any atom is -0.486 e. The zero-order chi connectivity index (χ0) is 21.2. The lowest BCUT2D eigenvalue weighted by molar-refractivity contribution is -0.133. The molecule has 0 radical (unpaired) electrons. The van der Waals surface area contributed by atoms with E-state index in [1.807, 2.05) is 19.1 Å². The van der Waals surface area contributed by atoms with Crippen molar-refractivity contribution in [3.05, 3.63) is 41.3 Å². The van der Waals surface area contributed by atoms with Gasteiger partial charge in [0.25, 0.3) is 0 Å². The first-order valence-corrected chi connectivity index (χ1v) is 11.2. The van der Waals surface area contributed by atoms with Crippen molar-refractivity contribution < 1.29 is 18.8 Å². The fraction of sp³-hybridized carbons (Fsp3) is 0.565. The topological polar surface area (TPSA) is 71.3 Å². The molecule has 3 aliphatic heterocycles. The Morgan fingerprint density at radius 2 is 1.81 bits per heavy atom. The van der Waals surface area contributed by atoms with Crippen LogP contribution < -0.4 is 9.47 Å². The molecule has 8 heteroatoms. The first-order chi connectivity index (χ1) is 15.2. The Kier molecular flexibility index (Phi) is 5.82. The van der Waals surface area contributed by atoms with Gasteiger partial charge >= 0.3 is 0 Å². The number of amides is 1. The maximum Gasteiger partial charge on any atom is 0.237 e. The molecular weight excluding hydrogens is 396 g/mol. The zero-order valence-electron chi connectivity index (χ0n) is 18.1. The summed E-state index contributed by atoms with van der Waals surface area (Å²) >= 11 is 0. The summed E-state index contributed by atoms with van der Waals surface area (Å²) in [5.74, 6) is 2.71. The van der Waals surface area contributed by atoms with Crippen LogP contribution in [0.3, 0.4) is 0 Å². The van der Waals surface area contributed by atoms with Crippen LogP contribution in [0.2, 0.25) is 0 Å². The van der Waals surface area contributed by atoms with Crippen LogP contribution in [-0.2, 0) is 11.3 Å². The lowest BCUT2D eigenvalue weighted by atomic mass is 10.0. The molecule has 8 nitrogen and oxygen atoms in total. The van der Waals surface area contributed by atoms with Gasteiger partial charge < -0.3 is 18.9 Å². The summed E-state index contributed by atoms with van der Waals surface area (Å²) in [6.45, 7) is 8.82. The van der Waals surface area contributed by atoms with Gasteiger partial charge in [0, 0.05) is 38.8 Å². The average Bonchev–Trinajstić information content (AvgIpc) is 3.44. The molecule has 2 saturated heterocycles. The number of nitrogens with zero attached hydrogens (tertiary/aromatic N) is 4. The van der Waals surface area contributed by atoms with E-state index in [4.69, 9.17) is 14.0 Å². The van der Waals surface area contributed by atoms with Gasteiger partial charge in [-0.25, -0.2) is 0 Å². The van der Waals surface area contributed by atoms with Gasteiger partial charge in [-0.2, -0.15) is 0 Å². The average molecular weight is 427 g/mol. The van der Waals surface area contributed by atoms with Crippen molar-refractivity contribution in [2.45, 2.75) is 32.4 Å². The molecule has 5 rings (SSSR count). The number of hydrogen-bond acceptors (Lipinski definition) is 7. The van der Waals surface area contributed by atoms with Crippen molar-refractivity contribution in [2.75, 3.05) is 52.5 Å². The number of carbonyl (C=O) groups is 1. The molecule has 166 valence electrons. The molecule has 4 heterocycles. The number of aryl methyl sites for hydroxylation is 1. The molecule has 2 fully saturated rings. The van der Waals surface area contributed by atoms with Crippen molar-refractivity contribution >= 4 is 5.91 Å². The van der Waals surface area contributed by atoms with Crippen LogP contribution in [0.4, 0.5) is 0 Å². The summed E-state index contributed by atoms with van der Waals surface area (Å²) in [7, 11) is 0. The van der Waals surface area contributed by atoms with Crippen LogP contribution in [0.15, 0.2) is 28.8 Å². The minimum atomic E-state index is 0.124. The quantitative estimate of drug-likeness (QED) is 0.726. The molecule has 2 aromatic rings. The predicted octanol–water partition coefficient (Wildman–Crippen LogP) is 2.24. The van der Waals surface area contributed by atoms with E-state index >= 15 is 0 Å². The number of fused-ring (bicyclic) bond motifs is 1. The maximum absolute atomic E-state index is 13.2. The number of ether oxygens (including phenoxy) is 2. The van der Waals surface area contributed by atoms with Gasteiger partial charge in [0.15, 0.2) is 17.3 Å². The first-order valence-electron chi connectivity index (χ1n) is 11.2. The van der Waals surface area contributed by atoms with Gasteiger partial charge in [-0.15, -0.1) is 0 Å². The summed E-state index contributed by atoms with van der Waals surface area (Å²) in [4.78, 5) is 19.8. The summed E-state index contributed by atoms with van der Waals surface area (Å²) in [6, 6.07) is 8.21. The normalized spacial score (nSPS) is 22.1. The van der Waals surface area contributed by atoms with Crippen LogP contribution >= 0.6 is 0 Å². The van der Waals surface area contributed by atoms with E-state index in [-0.39, 0.29) is 11.9 Å². The Morgan fingerprint density at radius 3 is 2.58 bits per heavy atom. The summed E-state index contributed by atoms with van der Waals surface area (Å²) < 4.78 is 16.7. The number of benzene rings is 1. The van der Waals surface area contributed by atoms with Gasteiger partial charge in [0.1, 0.15) is 13.2 Å².